The molecule has 5 nitrogen and oxygen atoms in total. The molecule has 30 heavy (non-hydrogen) atoms. The fourth-order valence-electron chi connectivity index (χ4n) is 4.46. The van der Waals surface area contributed by atoms with Gasteiger partial charge in [-0.2, -0.15) is 0 Å². The molecular weight excluding hydrogens is 376 g/mol. The van der Waals surface area contributed by atoms with Crippen molar-refractivity contribution in [2.24, 2.45) is 0 Å². The molecular formula is C25H32N2O3. The Bertz CT molecular complexity index is 876. The molecule has 2 aliphatic heterocycles. The lowest BCUT2D eigenvalue weighted by Gasteiger charge is -2.26. The summed E-state index contributed by atoms with van der Waals surface area (Å²) < 4.78 is 11.5. The summed E-state index contributed by atoms with van der Waals surface area (Å²) in [4.78, 5) is 17.6. The van der Waals surface area contributed by atoms with Crippen LogP contribution in [0.3, 0.4) is 0 Å². The summed E-state index contributed by atoms with van der Waals surface area (Å²) in [5, 5.41) is 0. The van der Waals surface area contributed by atoms with E-state index in [1.807, 2.05) is 29.2 Å². The van der Waals surface area contributed by atoms with Crippen LogP contribution in [0.2, 0.25) is 0 Å². The van der Waals surface area contributed by atoms with Gasteiger partial charge in [0.15, 0.2) is 0 Å². The Labute approximate surface area is 179 Å². The maximum absolute atomic E-state index is 13.1. The highest BCUT2D eigenvalue weighted by Gasteiger charge is 2.26. The zero-order valence-electron chi connectivity index (χ0n) is 18.1. The Morgan fingerprint density at radius 2 is 1.97 bits per heavy atom. The van der Waals surface area contributed by atoms with Gasteiger partial charge in [0.25, 0.3) is 0 Å². The highest BCUT2D eigenvalue weighted by molar-refractivity contribution is 5.77. The Morgan fingerprint density at radius 3 is 2.77 bits per heavy atom. The normalized spacial score (nSPS) is 19.1. The van der Waals surface area contributed by atoms with Gasteiger partial charge in [0.2, 0.25) is 5.91 Å². The Hall–Kier alpha value is -2.53. The van der Waals surface area contributed by atoms with Gasteiger partial charge in [0.05, 0.1) is 13.2 Å². The van der Waals surface area contributed by atoms with E-state index in [4.69, 9.17) is 9.47 Å². The molecule has 0 aliphatic carbocycles. The van der Waals surface area contributed by atoms with Crippen molar-refractivity contribution >= 4 is 5.91 Å². The third-order valence-corrected chi connectivity index (χ3v) is 6.20. The lowest BCUT2D eigenvalue weighted by atomic mass is 10.1. The number of carbonyl (C=O) groups excluding carboxylic acids is 1. The number of ether oxygens (including phenoxy) is 2. The van der Waals surface area contributed by atoms with Gasteiger partial charge < -0.3 is 14.4 Å². The molecule has 1 fully saturated rings. The first-order chi connectivity index (χ1) is 14.6. The molecule has 1 atom stereocenters. The van der Waals surface area contributed by atoms with E-state index in [9.17, 15) is 4.79 Å². The van der Waals surface area contributed by atoms with Gasteiger partial charge in [-0.25, -0.2) is 0 Å². The average Bonchev–Trinajstić information content (AvgIpc) is 3.22. The fourth-order valence-corrected chi connectivity index (χ4v) is 4.46. The van der Waals surface area contributed by atoms with Crippen molar-refractivity contribution in [3.05, 3.63) is 59.2 Å². The van der Waals surface area contributed by atoms with Gasteiger partial charge in [-0.15, -0.1) is 0 Å². The van der Waals surface area contributed by atoms with E-state index in [2.05, 4.69) is 30.0 Å². The van der Waals surface area contributed by atoms with Crippen LogP contribution in [-0.4, -0.2) is 48.6 Å². The summed E-state index contributed by atoms with van der Waals surface area (Å²) in [6.45, 7) is 6.53. The van der Waals surface area contributed by atoms with Crippen molar-refractivity contribution in [2.45, 2.75) is 51.7 Å². The Balaban J connectivity index is 1.45. The van der Waals surface area contributed by atoms with Crippen molar-refractivity contribution < 1.29 is 14.3 Å². The molecule has 0 aromatic heterocycles. The molecule has 0 unspecified atom stereocenters. The number of carbonyl (C=O) groups is 1. The molecule has 0 radical (unpaired) electrons. The molecule has 1 amide bonds. The topological polar surface area (TPSA) is 42.0 Å². The number of methoxy groups -OCH3 is 1. The van der Waals surface area contributed by atoms with E-state index in [0.29, 0.717) is 26.0 Å². The van der Waals surface area contributed by atoms with E-state index < -0.39 is 0 Å². The SMILES string of the molecule is COc1ccccc1CCC(=O)N1Cc2cc(CN3CCCC3)ccc2OC[C@@H]1C. The van der Waals surface area contributed by atoms with Crippen LogP contribution in [0, 0.1) is 0 Å². The minimum atomic E-state index is 0.0459. The summed E-state index contributed by atoms with van der Waals surface area (Å²) in [6.07, 6.45) is 3.72. The summed E-state index contributed by atoms with van der Waals surface area (Å²) >= 11 is 0. The van der Waals surface area contributed by atoms with Gasteiger partial charge in [-0.3, -0.25) is 9.69 Å². The maximum Gasteiger partial charge on any atom is 0.223 e. The minimum absolute atomic E-state index is 0.0459. The molecule has 5 heteroatoms. The number of likely N-dealkylation sites (tertiary alicyclic amines) is 1. The fraction of sp³-hybridized carbons (Fsp3) is 0.480. The van der Waals surface area contributed by atoms with Gasteiger partial charge >= 0.3 is 0 Å². The number of fused-ring (bicyclic) bond motifs is 1. The molecule has 0 N–H and O–H groups in total. The zero-order chi connectivity index (χ0) is 20.9. The smallest absolute Gasteiger partial charge is 0.223 e. The third kappa shape index (κ3) is 4.78. The molecule has 160 valence electrons. The summed E-state index contributed by atoms with van der Waals surface area (Å²) in [5.74, 6) is 1.91. The lowest BCUT2D eigenvalue weighted by Crippen LogP contribution is -2.40. The van der Waals surface area contributed by atoms with Crippen LogP contribution >= 0.6 is 0 Å². The van der Waals surface area contributed by atoms with Crippen molar-refractivity contribution in [1.82, 2.24) is 9.80 Å². The first kappa shape index (κ1) is 20.7. The van der Waals surface area contributed by atoms with Crippen LogP contribution in [0.1, 0.15) is 42.9 Å². The zero-order valence-corrected chi connectivity index (χ0v) is 18.1. The van der Waals surface area contributed by atoms with Crippen molar-refractivity contribution in [3.8, 4) is 11.5 Å². The molecule has 2 aromatic rings. The minimum Gasteiger partial charge on any atom is -0.496 e. The van der Waals surface area contributed by atoms with E-state index >= 15 is 0 Å². The molecule has 1 saturated heterocycles. The first-order valence-electron chi connectivity index (χ1n) is 11.0. The third-order valence-electron chi connectivity index (χ3n) is 6.20. The number of nitrogens with zero attached hydrogens (tertiary/aromatic N) is 2. The van der Waals surface area contributed by atoms with E-state index in [1.165, 1.54) is 31.5 Å². The van der Waals surface area contributed by atoms with Crippen LogP contribution in [-0.2, 0) is 24.3 Å². The summed E-state index contributed by atoms with van der Waals surface area (Å²) in [6, 6.07) is 14.4. The molecule has 0 spiro atoms. The first-order valence-corrected chi connectivity index (χ1v) is 11.0. The Morgan fingerprint density at radius 1 is 1.17 bits per heavy atom. The molecule has 0 bridgehead atoms. The summed E-state index contributed by atoms with van der Waals surface area (Å²) in [7, 11) is 1.67. The number of rotatable bonds is 6. The largest absolute Gasteiger partial charge is 0.496 e. The maximum atomic E-state index is 13.1. The van der Waals surface area contributed by atoms with Gasteiger partial charge in [0.1, 0.15) is 18.1 Å². The monoisotopic (exact) mass is 408 g/mol. The number of hydrogen-bond acceptors (Lipinski definition) is 4. The van der Waals surface area contributed by atoms with Crippen molar-refractivity contribution in [2.75, 3.05) is 26.8 Å². The van der Waals surface area contributed by atoms with Gasteiger partial charge in [-0.05, 0) is 68.6 Å². The highest BCUT2D eigenvalue weighted by atomic mass is 16.5. The second-order valence-corrected chi connectivity index (χ2v) is 8.42. The molecule has 2 aromatic carbocycles. The van der Waals surface area contributed by atoms with Crippen LogP contribution in [0.5, 0.6) is 11.5 Å². The van der Waals surface area contributed by atoms with Crippen LogP contribution in [0.15, 0.2) is 42.5 Å². The predicted octanol–water partition coefficient (Wildman–Crippen LogP) is 4.03. The number of benzene rings is 2. The molecule has 2 heterocycles. The number of amides is 1. The van der Waals surface area contributed by atoms with Crippen LogP contribution in [0.4, 0.5) is 0 Å². The quantitative estimate of drug-likeness (QED) is 0.724. The highest BCUT2D eigenvalue weighted by Crippen LogP contribution is 2.28. The number of aryl methyl sites for hydroxylation is 1. The predicted molar refractivity (Wildman–Crippen MR) is 118 cm³/mol. The molecule has 0 saturated carbocycles. The average molecular weight is 409 g/mol. The Kier molecular flexibility index (Phi) is 6.58. The molecule has 4 rings (SSSR count). The number of para-hydroxylation sites is 1. The van der Waals surface area contributed by atoms with E-state index in [0.717, 1.165) is 29.2 Å². The van der Waals surface area contributed by atoms with E-state index in [1.54, 1.807) is 7.11 Å². The molecule has 2 aliphatic rings. The summed E-state index contributed by atoms with van der Waals surface area (Å²) in [5.41, 5.74) is 3.48. The lowest BCUT2D eigenvalue weighted by molar-refractivity contribution is -0.134. The van der Waals surface area contributed by atoms with Gasteiger partial charge in [0, 0.05) is 25.1 Å². The van der Waals surface area contributed by atoms with Crippen molar-refractivity contribution in [1.29, 1.82) is 0 Å². The second-order valence-electron chi connectivity index (χ2n) is 8.42. The number of hydrogen-bond donors (Lipinski definition) is 0. The van der Waals surface area contributed by atoms with Crippen molar-refractivity contribution in [3.63, 3.8) is 0 Å². The van der Waals surface area contributed by atoms with E-state index in [-0.39, 0.29) is 11.9 Å². The standard InChI is InChI=1S/C25H32N2O3/c1-19-18-30-24-11-9-20(16-26-13-5-6-14-26)15-22(24)17-27(19)25(28)12-10-21-7-3-4-8-23(21)29-2/h3-4,7-9,11,15,19H,5-6,10,12-14,16-18H2,1-2H3/t19-/m0/s1. The van der Waals surface area contributed by atoms with Crippen LogP contribution < -0.4 is 9.47 Å². The second kappa shape index (κ2) is 9.52. The van der Waals surface area contributed by atoms with Gasteiger partial charge in [-0.1, -0.05) is 24.3 Å². The van der Waals surface area contributed by atoms with Crippen LogP contribution in [0.25, 0.3) is 0 Å².